The molecule has 30 heavy (non-hydrogen) atoms. The molecule has 2 amide bonds. The molecule has 0 aromatic carbocycles. The van der Waals surface area contributed by atoms with Gasteiger partial charge in [0.05, 0.1) is 0 Å². The van der Waals surface area contributed by atoms with Gasteiger partial charge >= 0.3 is 12.1 Å². The molecule has 1 N–H and O–H groups in total. The molecule has 0 aromatic heterocycles. The number of methoxy groups -OCH3 is 1. The summed E-state index contributed by atoms with van der Waals surface area (Å²) in [5.41, 5.74) is 0.000654. The summed E-state index contributed by atoms with van der Waals surface area (Å²) < 4.78 is 36.7. The molecular weight excluding hydrogens is 407 g/mol. The third-order valence-electron chi connectivity index (χ3n) is 6.07. The van der Waals surface area contributed by atoms with Crippen molar-refractivity contribution in [1.82, 2.24) is 14.7 Å². The zero-order valence-corrected chi connectivity index (χ0v) is 17.2. The molecular formula is C19H30F3N3O5. The van der Waals surface area contributed by atoms with Gasteiger partial charge in [-0.25, -0.2) is 4.79 Å². The minimum absolute atomic E-state index is 0.000654. The number of carboxylic acid groups (broad SMARTS) is 1. The minimum Gasteiger partial charge on any atom is -0.475 e. The first-order chi connectivity index (χ1) is 14.1. The largest absolute Gasteiger partial charge is 0.490 e. The highest BCUT2D eigenvalue weighted by Crippen LogP contribution is 2.39. The Balaban J connectivity index is 0.000000396. The topological polar surface area (TPSA) is 90.4 Å². The van der Waals surface area contributed by atoms with Crippen LogP contribution in [0.15, 0.2) is 0 Å². The van der Waals surface area contributed by atoms with Crippen molar-refractivity contribution in [2.75, 3.05) is 53.0 Å². The average Bonchev–Trinajstić information content (AvgIpc) is 3.30. The predicted molar refractivity (Wildman–Crippen MR) is 101 cm³/mol. The van der Waals surface area contributed by atoms with Crippen molar-refractivity contribution in [3.63, 3.8) is 0 Å². The normalized spacial score (nSPS) is 21.7. The Kier molecular flexibility index (Phi) is 8.48. The predicted octanol–water partition coefficient (Wildman–Crippen LogP) is 1.35. The van der Waals surface area contributed by atoms with Gasteiger partial charge < -0.3 is 24.5 Å². The van der Waals surface area contributed by atoms with Gasteiger partial charge in [-0.05, 0) is 45.2 Å². The van der Waals surface area contributed by atoms with Crippen molar-refractivity contribution in [2.45, 2.75) is 50.2 Å². The number of nitrogens with zero attached hydrogens (tertiary/aromatic N) is 3. The van der Waals surface area contributed by atoms with Crippen molar-refractivity contribution >= 4 is 17.8 Å². The Hall–Kier alpha value is -1.88. The molecule has 1 spiro atoms. The standard InChI is InChI=1S/C17H29N3O3.C2HF3O2/c1-23-14-16(22)19-10-6-17(7-11-19)5-4-15(21)20(17)13-12-18-8-2-3-9-18;3-2(4,5)1(6)7/h2-14H2,1H3;(H,6,7). The van der Waals surface area contributed by atoms with Crippen LogP contribution in [-0.4, -0.2) is 102 Å². The molecule has 0 unspecified atom stereocenters. The highest BCUT2D eigenvalue weighted by molar-refractivity contribution is 5.80. The third kappa shape index (κ3) is 6.31. The zero-order chi connectivity index (χ0) is 22.4. The van der Waals surface area contributed by atoms with E-state index in [9.17, 15) is 22.8 Å². The molecule has 0 aromatic rings. The number of carbonyl (C=O) groups excluding carboxylic acids is 2. The molecule has 3 saturated heterocycles. The summed E-state index contributed by atoms with van der Waals surface area (Å²) in [6.45, 7) is 5.85. The molecule has 3 aliphatic rings. The van der Waals surface area contributed by atoms with E-state index >= 15 is 0 Å². The summed E-state index contributed by atoms with van der Waals surface area (Å²) in [7, 11) is 1.55. The molecule has 0 radical (unpaired) electrons. The van der Waals surface area contributed by atoms with E-state index in [1.165, 1.54) is 25.9 Å². The SMILES string of the molecule is COCC(=O)N1CCC2(CCC(=O)N2CCN2CCCC2)CC1.O=C(O)C(F)(F)F. The van der Waals surface area contributed by atoms with Gasteiger partial charge in [-0.1, -0.05) is 0 Å². The molecule has 3 aliphatic heterocycles. The summed E-state index contributed by atoms with van der Waals surface area (Å²) in [5.74, 6) is -2.39. The maximum absolute atomic E-state index is 12.4. The van der Waals surface area contributed by atoms with Crippen LogP contribution in [0, 0.1) is 0 Å². The fraction of sp³-hybridized carbons (Fsp3) is 0.842. The Morgan fingerprint density at radius 2 is 1.63 bits per heavy atom. The zero-order valence-electron chi connectivity index (χ0n) is 17.2. The van der Waals surface area contributed by atoms with Crippen LogP contribution in [-0.2, 0) is 19.1 Å². The number of ether oxygens (including phenoxy) is 1. The molecule has 3 fully saturated rings. The van der Waals surface area contributed by atoms with E-state index in [0.717, 1.165) is 45.4 Å². The number of rotatable bonds is 5. The Morgan fingerprint density at radius 3 is 2.13 bits per heavy atom. The second kappa shape index (κ2) is 10.4. The lowest BCUT2D eigenvalue weighted by molar-refractivity contribution is -0.192. The van der Waals surface area contributed by atoms with Crippen molar-refractivity contribution in [3.8, 4) is 0 Å². The van der Waals surface area contributed by atoms with Crippen LogP contribution in [0.2, 0.25) is 0 Å². The molecule has 0 atom stereocenters. The molecule has 172 valence electrons. The highest BCUT2D eigenvalue weighted by atomic mass is 19.4. The van der Waals surface area contributed by atoms with E-state index in [2.05, 4.69) is 9.80 Å². The van der Waals surface area contributed by atoms with E-state index in [-0.39, 0.29) is 18.1 Å². The highest BCUT2D eigenvalue weighted by Gasteiger charge is 2.47. The van der Waals surface area contributed by atoms with Crippen LogP contribution in [0.1, 0.15) is 38.5 Å². The fourth-order valence-corrected chi connectivity index (χ4v) is 4.39. The van der Waals surface area contributed by atoms with Gasteiger partial charge in [0, 0.05) is 45.2 Å². The first kappa shape index (κ1) is 24.4. The van der Waals surface area contributed by atoms with Gasteiger partial charge in [0.2, 0.25) is 11.8 Å². The third-order valence-corrected chi connectivity index (χ3v) is 6.07. The summed E-state index contributed by atoms with van der Waals surface area (Å²) in [6.07, 6.45) is 0.942. The number of aliphatic carboxylic acids is 1. The van der Waals surface area contributed by atoms with E-state index in [0.29, 0.717) is 12.3 Å². The number of carbonyl (C=O) groups is 3. The lowest BCUT2D eigenvalue weighted by Crippen LogP contribution is -2.55. The van der Waals surface area contributed by atoms with Gasteiger partial charge in [-0.15, -0.1) is 0 Å². The second-order valence-electron chi connectivity index (χ2n) is 7.94. The Labute approximate surface area is 173 Å². The van der Waals surface area contributed by atoms with Gasteiger partial charge in [-0.2, -0.15) is 13.2 Å². The Bertz CT molecular complexity index is 615. The second-order valence-corrected chi connectivity index (χ2v) is 7.94. The number of likely N-dealkylation sites (tertiary alicyclic amines) is 3. The van der Waals surface area contributed by atoms with E-state index < -0.39 is 12.1 Å². The lowest BCUT2D eigenvalue weighted by atomic mass is 9.85. The van der Waals surface area contributed by atoms with Crippen molar-refractivity contribution in [1.29, 1.82) is 0 Å². The smallest absolute Gasteiger partial charge is 0.475 e. The van der Waals surface area contributed by atoms with Crippen molar-refractivity contribution < 1.29 is 37.4 Å². The molecule has 8 nitrogen and oxygen atoms in total. The molecule has 3 heterocycles. The van der Waals surface area contributed by atoms with Crippen molar-refractivity contribution in [2.24, 2.45) is 0 Å². The molecule has 0 saturated carbocycles. The maximum Gasteiger partial charge on any atom is 0.490 e. The molecule has 11 heteroatoms. The fourth-order valence-electron chi connectivity index (χ4n) is 4.39. The van der Waals surface area contributed by atoms with Crippen LogP contribution in [0.4, 0.5) is 13.2 Å². The van der Waals surface area contributed by atoms with E-state index in [1.54, 1.807) is 7.11 Å². The van der Waals surface area contributed by atoms with Crippen LogP contribution in [0.3, 0.4) is 0 Å². The van der Waals surface area contributed by atoms with E-state index in [1.807, 2.05) is 4.90 Å². The number of piperidine rings is 1. The first-order valence-electron chi connectivity index (χ1n) is 10.2. The summed E-state index contributed by atoms with van der Waals surface area (Å²) in [5, 5.41) is 7.12. The van der Waals surface area contributed by atoms with Gasteiger partial charge in [-0.3, -0.25) is 9.59 Å². The summed E-state index contributed by atoms with van der Waals surface area (Å²) in [4.78, 5) is 39.7. The van der Waals surface area contributed by atoms with Gasteiger partial charge in [0.1, 0.15) is 6.61 Å². The average molecular weight is 437 g/mol. The lowest BCUT2D eigenvalue weighted by Gasteiger charge is -2.45. The number of amides is 2. The Morgan fingerprint density at radius 1 is 1.07 bits per heavy atom. The van der Waals surface area contributed by atoms with Crippen molar-refractivity contribution in [3.05, 3.63) is 0 Å². The van der Waals surface area contributed by atoms with Crippen LogP contribution >= 0.6 is 0 Å². The quantitative estimate of drug-likeness (QED) is 0.698. The van der Waals surface area contributed by atoms with Gasteiger partial charge in [0.15, 0.2) is 0 Å². The number of carboxylic acids is 1. The number of hydrogen-bond acceptors (Lipinski definition) is 5. The summed E-state index contributed by atoms with van der Waals surface area (Å²) in [6, 6.07) is 0. The minimum atomic E-state index is -5.08. The van der Waals surface area contributed by atoms with Crippen LogP contribution in [0.25, 0.3) is 0 Å². The number of alkyl halides is 3. The van der Waals surface area contributed by atoms with Crippen LogP contribution < -0.4 is 0 Å². The monoisotopic (exact) mass is 437 g/mol. The first-order valence-corrected chi connectivity index (χ1v) is 10.2. The van der Waals surface area contributed by atoms with Gasteiger partial charge in [0.25, 0.3) is 0 Å². The van der Waals surface area contributed by atoms with Crippen LogP contribution in [0.5, 0.6) is 0 Å². The summed E-state index contributed by atoms with van der Waals surface area (Å²) >= 11 is 0. The molecule has 0 aliphatic carbocycles. The molecule has 3 rings (SSSR count). The molecule has 0 bridgehead atoms. The maximum atomic E-state index is 12.4. The van der Waals surface area contributed by atoms with E-state index in [4.69, 9.17) is 14.6 Å². The number of hydrogen-bond donors (Lipinski definition) is 1. The number of halogens is 3.